The molecule has 2 heterocycles. The molecule has 1 N–H and O–H groups in total. The molecule has 2 aromatic heterocycles. The number of rotatable bonds is 5. The van der Waals surface area contributed by atoms with Crippen molar-refractivity contribution in [1.82, 2.24) is 9.88 Å². The van der Waals surface area contributed by atoms with Crippen molar-refractivity contribution in [3.05, 3.63) is 38.0 Å². The van der Waals surface area contributed by atoms with E-state index >= 15 is 0 Å². The molecule has 0 spiro atoms. The number of hydrogen-bond acceptors (Lipinski definition) is 5. The fourth-order valence-electron chi connectivity index (χ4n) is 1.85. The first-order chi connectivity index (χ1) is 9.69. The summed E-state index contributed by atoms with van der Waals surface area (Å²) in [5.41, 5.74) is 2.20. The van der Waals surface area contributed by atoms with Crippen molar-refractivity contribution in [2.75, 3.05) is 13.7 Å². The third-order valence-corrected chi connectivity index (χ3v) is 4.45. The van der Waals surface area contributed by atoms with E-state index in [4.69, 9.17) is 5.11 Å². The Kier molecular flexibility index (Phi) is 5.74. The monoisotopic (exact) mass is 306 g/mol. The highest BCUT2D eigenvalue weighted by atomic mass is 32.1. The van der Waals surface area contributed by atoms with Gasteiger partial charge in [0.15, 0.2) is 0 Å². The number of aromatic nitrogens is 1. The Balaban J connectivity index is 1.96. The minimum absolute atomic E-state index is 0.121. The van der Waals surface area contributed by atoms with Gasteiger partial charge in [0, 0.05) is 35.3 Å². The van der Waals surface area contributed by atoms with E-state index in [-0.39, 0.29) is 6.61 Å². The molecular weight excluding hydrogens is 288 g/mol. The van der Waals surface area contributed by atoms with Crippen LogP contribution in [0.15, 0.2) is 16.8 Å². The molecule has 0 saturated carbocycles. The summed E-state index contributed by atoms with van der Waals surface area (Å²) in [6.07, 6.45) is 0.531. The lowest BCUT2D eigenvalue weighted by molar-refractivity contribution is 0.305. The lowest BCUT2D eigenvalue weighted by Crippen LogP contribution is -2.17. The summed E-state index contributed by atoms with van der Waals surface area (Å²) in [6.45, 7) is 3.88. The summed E-state index contributed by atoms with van der Waals surface area (Å²) in [5, 5.41) is 14.1. The number of thiophene rings is 1. The minimum atomic E-state index is 0.121. The molecular formula is C15H18N2OS2. The van der Waals surface area contributed by atoms with Crippen molar-refractivity contribution in [2.45, 2.75) is 26.4 Å². The van der Waals surface area contributed by atoms with Gasteiger partial charge in [-0.15, -0.1) is 22.7 Å². The molecule has 5 heteroatoms. The van der Waals surface area contributed by atoms with Crippen LogP contribution in [0.2, 0.25) is 0 Å². The maximum absolute atomic E-state index is 8.76. The van der Waals surface area contributed by atoms with E-state index in [1.165, 1.54) is 4.88 Å². The molecule has 0 atom stereocenters. The van der Waals surface area contributed by atoms with E-state index in [0.29, 0.717) is 6.42 Å². The average Bonchev–Trinajstić information content (AvgIpc) is 3.00. The first-order valence-electron chi connectivity index (χ1n) is 6.44. The van der Waals surface area contributed by atoms with Crippen LogP contribution >= 0.6 is 22.7 Å². The maximum Gasteiger partial charge on any atom is 0.0897 e. The van der Waals surface area contributed by atoms with Gasteiger partial charge in [-0.25, -0.2) is 4.98 Å². The van der Waals surface area contributed by atoms with Gasteiger partial charge in [-0.05, 0) is 25.4 Å². The van der Waals surface area contributed by atoms with E-state index in [1.54, 1.807) is 22.7 Å². The number of aliphatic hydroxyl groups is 1. The largest absolute Gasteiger partial charge is 0.395 e. The molecule has 0 bridgehead atoms. The molecule has 0 aliphatic carbocycles. The number of hydrogen-bond donors (Lipinski definition) is 1. The number of aryl methyl sites for hydroxylation is 1. The van der Waals surface area contributed by atoms with Gasteiger partial charge in [0.25, 0.3) is 0 Å². The van der Waals surface area contributed by atoms with Gasteiger partial charge in [-0.3, -0.25) is 4.90 Å². The summed E-state index contributed by atoms with van der Waals surface area (Å²) in [6, 6.07) is 2.05. The lowest BCUT2D eigenvalue weighted by atomic mass is 10.2. The van der Waals surface area contributed by atoms with Crippen LogP contribution in [0.5, 0.6) is 0 Å². The van der Waals surface area contributed by atoms with E-state index in [2.05, 4.69) is 39.5 Å². The van der Waals surface area contributed by atoms with E-state index in [1.807, 2.05) is 13.0 Å². The van der Waals surface area contributed by atoms with Crippen molar-refractivity contribution in [3.63, 3.8) is 0 Å². The van der Waals surface area contributed by atoms with Crippen molar-refractivity contribution < 1.29 is 5.11 Å². The van der Waals surface area contributed by atoms with Crippen LogP contribution in [-0.2, 0) is 13.1 Å². The van der Waals surface area contributed by atoms with Crippen LogP contribution in [0.3, 0.4) is 0 Å². The summed E-state index contributed by atoms with van der Waals surface area (Å²) in [4.78, 5) is 8.00. The van der Waals surface area contributed by atoms with Crippen LogP contribution in [-0.4, -0.2) is 28.6 Å². The molecule has 0 amide bonds. The lowest BCUT2D eigenvalue weighted by Gasteiger charge is -2.14. The van der Waals surface area contributed by atoms with Crippen molar-refractivity contribution in [1.29, 1.82) is 0 Å². The average molecular weight is 306 g/mol. The topological polar surface area (TPSA) is 36.4 Å². The third-order valence-electron chi connectivity index (χ3n) is 2.72. The van der Waals surface area contributed by atoms with Crippen LogP contribution in [0.1, 0.15) is 27.6 Å². The van der Waals surface area contributed by atoms with Crippen molar-refractivity contribution >= 4 is 22.7 Å². The van der Waals surface area contributed by atoms with Crippen LogP contribution in [0.4, 0.5) is 0 Å². The van der Waals surface area contributed by atoms with Crippen LogP contribution in [0, 0.1) is 18.8 Å². The summed E-state index contributed by atoms with van der Waals surface area (Å²) in [5.74, 6) is 6.11. The highest BCUT2D eigenvalue weighted by Gasteiger charge is 2.08. The molecule has 0 aliphatic rings. The Hall–Kier alpha value is -1.19. The summed E-state index contributed by atoms with van der Waals surface area (Å²) >= 11 is 3.42. The second kappa shape index (κ2) is 7.55. The Bertz CT molecular complexity index is 607. The quantitative estimate of drug-likeness (QED) is 0.863. The Labute approximate surface area is 127 Å². The molecule has 0 unspecified atom stereocenters. The maximum atomic E-state index is 8.76. The molecule has 2 aromatic rings. The van der Waals surface area contributed by atoms with Gasteiger partial charge in [0.05, 0.1) is 17.3 Å². The fourth-order valence-corrected chi connectivity index (χ4v) is 3.36. The van der Waals surface area contributed by atoms with Gasteiger partial charge in [-0.2, -0.15) is 0 Å². The zero-order chi connectivity index (χ0) is 14.4. The van der Waals surface area contributed by atoms with Crippen molar-refractivity contribution in [3.8, 4) is 11.8 Å². The second-order valence-electron chi connectivity index (χ2n) is 4.56. The Morgan fingerprint density at radius 3 is 2.90 bits per heavy atom. The number of nitrogens with zero attached hydrogens (tertiary/aromatic N) is 2. The van der Waals surface area contributed by atoms with Gasteiger partial charge in [-0.1, -0.05) is 11.8 Å². The number of thiazole rings is 1. The van der Waals surface area contributed by atoms with Crippen LogP contribution < -0.4 is 0 Å². The molecule has 0 saturated heterocycles. The van der Waals surface area contributed by atoms with E-state index < -0.39 is 0 Å². The molecule has 2 rings (SSSR count). The molecule has 20 heavy (non-hydrogen) atoms. The SMILES string of the molecule is Cc1nc(CN(C)Cc2sccc2C#CCCO)cs1. The van der Waals surface area contributed by atoms with Gasteiger partial charge in [0.1, 0.15) is 0 Å². The molecule has 106 valence electrons. The molecule has 0 aromatic carbocycles. The van der Waals surface area contributed by atoms with E-state index in [0.717, 1.165) is 29.4 Å². The number of aliphatic hydroxyl groups excluding tert-OH is 1. The highest BCUT2D eigenvalue weighted by molar-refractivity contribution is 7.10. The molecule has 0 radical (unpaired) electrons. The Morgan fingerprint density at radius 2 is 2.20 bits per heavy atom. The molecule has 3 nitrogen and oxygen atoms in total. The zero-order valence-corrected chi connectivity index (χ0v) is 13.4. The van der Waals surface area contributed by atoms with Crippen molar-refractivity contribution in [2.24, 2.45) is 0 Å². The highest BCUT2D eigenvalue weighted by Crippen LogP contribution is 2.19. The molecule has 0 aliphatic heterocycles. The predicted molar refractivity (Wildman–Crippen MR) is 84.9 cm³/mol. The second-order valence-corrected chi connectivity index (χ2v) is 6.63. The fraction of sp³-hybridized carbons (Fsp3) is 0.400. The first-order valence-corrected chi connectivity index (χ1v) is 8.20. The molecule has 0 fully saturated rings. The van der Waals surface area contributed by atoms with Gasteiger partial charge >= 0.3 is 0 Å². The predicted octanol–water partition coefficient (Wildman–Crippen LogP) is 2.88. The van der Waals surface area contributed by atoms with Crippen LogP contribution in [0.25, 0.3) is 0 Å². The minimum Gasteiger partial charge on any atom is -0.395 e. The smallest absolute Gasteiger partial charge is 0.0897 e. The summed E-state index contributed by atoms with van der Waals surface area (Å²) < 4.78 is 0. The van der Waals surface area contributed by atoms with Gasteiger partial charge in [0.2, 0.25) is 0 Å². The normalized spacial score (nSPS) is 10.6. The van der Waals surface area contributed by atoms with Gasteiger partial charge < -0.3 is 5.11 Å². The Morgan fingerprint density at radius 1 is 1.35 bits per heavy atom. The summed E-state index contributed by atoms with van der Waals surface area (Å²) in [7, 11) is 2.10. The van der Waals surface area contributed by atoms with E-state index in [9.17, 15) is 0 Å². The first kappa shape index (κ1) is 15.2. The standard InChI is InChI=1S/C15H18N2OS2/c1-12-16-14(11-20-12)9-17(2)10-15-13(6-8-19-15)5-3-4-7-18/h6,8,11,18H,4,7,9-10H2,1-2H3. The third kappa shape index (κ3) is 4.43. The zero-order valence-electron chi connectivity index (χ0n) is 11.7.